The van der Waals surface area contributed by atoms with Crippen molar-refractivity contribution in [1.29, 1.82) is 0 Å². The second-order valence-corrected chi connectivity index (χ2v) is 7.04. The van der Waals surface area contributed by atoms with Gasteiger partial charge in [-0.1, -0.05) is 37.3 Å². The SMILES string of the molecule is C[C@H]1CCCN(C(=O)CN2CCC[C@@H]2Cc2ccccc2)C1. The van der Waals surface area contributed by atoms with Crippen molar-refractivity contribution in [3.05, 3.63) is 35.9 Å². The highest BCUT2D eigenvalue weighted by atomic mass is 16.2. The fourth-order valence-electron chi connectivity index (χ4n) is 3.91. The number of benzene rings is 1. The van der Waals surface area contributed by atoms with E-state index in [2.05, 4.69) is 47.1 Å². The predicted octanol–water partition coefficient (Wildman–Crippen LogP) is 2.95. The summed E-state index contributed by atoms with van der Waals surface area (Å²) in [6, 6.07) is 11.2. The van der Waals surface area contributed by atoms with Crippen LogP contribution in [0, 0.1) is 5.92 Å². The standard InChI is InChI=1S/C19H28N2O/c1-16-7-5-12-21(14-16)19(22)15-20-11-6-10-18(20)13-17-8-3-2-4-9-17/h2-4,8-9,16,18H,5-7,10-15H2,1H3/t16-,18+/m0/s1. The number of carbonyl (C=O) groups is 1. The minimum atomic E-state index is 0.339. The van der Waals surface area contributed by atoms with E-state index in [0.717, 1.165) is 26.1 Å². The van der Waals surface area contributed by atoms with Gasteiger partial charge < -0.3 is 4.90 Å². The monoisotopic (exact) mass is 300 g/mol. The van der Waals surface area contributed by atoms with Gasteiger partial charge in [0.05, 0.1) is 6.54 Å². The third-order valence-electron chi connectivity index (χ3n) is 5.16. The Bertz CT molecular complexity index is 487. The molecule has 0 saturated carbocycles. The summed E-state index contributed by atoms with van der Waals surface area (Å²) in [7, 11) is 0. The lowest BCUT2D eigenvalue weighted by atomic mass is 10.0. The van der Waals surface area contributed by atoms with Gasteiger partial charge in [-0.3, -0.25) is 9.69 Å². The molecule has 0 aliphatic carbocycles. The molecule has 2 aliphatic heterocycles. The van der Waals surface area contributed by atoms with Gasteiger partial charge in [-0.05, 0) is 50.1 Å². The zero-order chi connectivity index (χ0) is 15.4. The molecule has 0 spiro atoms. The third-order valence-corrected chi connectivity index (χ3v) is 5.16. The van der Waals surface area contributed by atoms with Crippen LogP contribution in [0.3, 0.4) is 0 Å². The molecule has 0 unspecified atom stereocenters. The summed E-state index contributed by atoms with van der Waals surface area (Å²) >= 11 is 0. The van der Waals surface area contributed by atoms with Gasteiger partial charge in [0.2, 0.25) is 5.91 Å². The molecule has 2 heterocycles. The maximum absolute atomic E-state index is 12.6. The van der Waals surface area contributed by atoms with Crippen molar-refractivity contribution in [3.8, 4) is 0 Å². The Morgan fingerprint density at radius 2 is 1.91 bits per heavy atom. The molecule has 0 aromatic heterocycles. The van der Waals surface area contributed by atoms with Crippen LogP contribution in [0.1, 0.15) is 38.2 Å². The van der Waals surface area contributed by atoms with Gasteiger partial charge in [0.1, 0.15) is 0 Å². The van der Waals surface area contributed by atoms with Gasteiger partial charge in [-0.25, -0.2) is 0 Å². The Balaban J connectivity index is 1.55. The molecule has 0 bridgehead atoms. The molecule has 3 nitrogen and oxygen atoms in total. The molecule has 2 fully saturated rings. The Labute approximate surface area is 134 Å². The third kappa shape index (κ3) is 3.89. The van der Waals surface area contributed by atoms with E-state index in [4.69, 9.17) is 0 Å². The van der Waals surface area contributed by atoms with Crippen molar-refractivity contribution >= 4 is 5.91 Å². The lowest BCUT2D eigenvalue weighted by Gasteiger charge is -2.33. The zero-order valence-corrected chi connectivity index (χ0v) is 13.7. The van der Waals surface area contributed by atoms with Crippen LogP contribution in [0.2, 0.25) is 0 Å². The van der Waals surface area contributed by atoms with Crippen LogP contribution in [-0.4, -0.2) is 47.9 Å². The van der Waals surface area contributed by atoms with Crippen molar-refractivity contribution in [2.45, 2.75) is 45.1 Å². The largest absolute Gasteiger partial charge is 0.341 e. The summed E-state index contributed by atoms with van der Waals surface area (Å²) < 4.78 is 0. The van der Waals surface area contributed by atoms with Gasteiger partial charge in [-0.15, -0.1) is 0 Å². The Hall–Kier alpha value is -1.35. The number of hydrogen-bond acceptors (Lipinski definition) is 2. The summed E-state index contributed by atoms with van der Waals surface area (Å²) in [5.74, 6) is 1.00. The molecule has 1 aromatic carbocycles. The van der Waals surface area contributed by atoms with Crippen LogP contribution in [0.4, 0.5) is 0 Å². The maximum atomic E-state index is 12.6. The fraction of sp³-hybridized carbons (Fsp3) is 0.632. The van der Waals surface area contributed by atoms with E-state index in [9.17, 15) is 4.79 Å². The molecule has 0 radical (unpaired) electrons. The van der Waals surface area contributed by atoms with Crippen LogP contribution >= 0.6 is 0 Å². The van der Waals surface area contributed by atoms with Gasteiger partial charge in [0.15, 0.2) is 0 Å². The molecular weight excluding hydrogens is 272 g/mol. The first-order valence-electron chi connectivity index (χ1n) is 8.78. The van der Waals surface area contributed by atoms with Gasteiger partial charge >= 0.3 is 0 Å². The Morgan fingerprint density at radius 1 is 1.14 bits per heavy atom. The molecule has 3 rings (SSSR count). The topological polar surface area (TPSA) is 23.6 Å². The van der Waals surface area contributed by atoms with E-state index in [-0.39, 0.29) is 0 Å². The summed E-state index contributed by atoms with van der Waals surface area (Å²) in [6.45, 7) is 5.86. The molecule has 1 aromatic rings. The van der Waals surface area contributed by atoms with Crippen LogP contribution in [0.15, 0.2) is 30.3 Å². The molecule has 2 aliphatic rings. The normalized spacial score (nSPS) is 26.3. The van der Waals surface area contributed by atoms with E-state index < -0.39 is 0 Å². The second-order valence-electron chi connectivity index (χ2n) is 7.04. The first-order chi connectivity index (χ1) is 10.7. The number of nitrogens with zero attached hydrogens (tertiary/aromatic N) is 2. The average Bonchev–Trinajstić information content (AvgIpc) is 2.95. The van der Waals surface area contributed by atoms with E-state index in [1.807, 2.05) is 0 Å². The smallest absolute Gasteiger partial charge is 0.236 e. The molecule has 2 atom stereocenters. The van der Waals surface area contributed by atoms with Crippen molar-refractivity contribution in [3.63, 3.8) is 0 Å². The van der Waals surface area contributed by atoms with E-state index in [1.54, 1.807) is 0 Å². The van der Waals surface area contributed by atoms with Crippen molar-refractivity contribution in [2.24, 2.45) is 5.92 Å². The molecule has 2 saturated heterocycles. The predicted molar refractivity (Wildman–Crippen MR) is 89.7 cm³/mol. The molecule has 3 heteroatoms. The van der Waals surface area contributed by atoms with Gasteiger partial charge in [-0.2, -0.15) is 0 Å². The highest BCUT2D eigenvalue weighted by molar-refractivity contribution is 5.78. The van der Waals surface area contributed by atoms with Crippen molar-refractivity contribution in [2.75, 3.05) is 26.2 Å². The van der Waals surface area contributed by atoms with E-state index in [0.29, 0.717) is 24.4 Å². The van der Waals surface area contributed by atoms with Crippen molar-refractivity contribution < 1.29 is 4.79 Å². The van der Waals surface area contributed by atoms with Gasteiger partial charge in [0.25, 0.3) is 0 Å². The first kappa shape index (κ1) is 15.5. The molecule has 22 heavy (non-hydrogen) atoms. The van der Waals surface area contributed by atoms with Crippen LogP contribution < -0.4 is 0 Å². The molecule has 1 amide bonds. The minimum absolute atomic E-state index is 0.339. The lowest BCUT2D eigenvalue weighted by molar-refractivity contribution is -0.134. The van der Waals surface area contributed by atoms with Crippen LogP contribution in [0.25, 0.3) is 0 Å². The highest BCUT2D eigenvalue weighted by Crippen LogP contribution is 2.22. The lowest BCUT2D eigenvalue weighted by Crippen LogP contribution is -2.46. The number of hydrogen-bond donors (Lipinski definition) is 0. The van der Waals surface area contributed by atoms with Crippen molar-refractivity contribution in [1.82, 2.24) is 9.80 Å². The summed E-state index contributed by atoms with van der Waals surface area (Å²) in [4.78, 5) is 17.1. The van der Waals surface area contributed by atoms with E-state index in [1.165, 1.54) is 31.2 Å². The number of carbonyl (C=O) groups excluding carboxylic acids is 1. The first-order valence-corrected chi connectivity index (χ1v) is 8.78. The quantitative estimate of drug-likeness (QED) is 0.853. The maximum Gasteiger partial charge on any atom is 0.236 e. The number of rotatable bonds is 4. The number of amides is 1. The summed E-state index contributed by atoms with van der Waals surface area (Å²) in [5.41, 5.74) is 1.39. The Kier molecular flexibility index (Phi) is 5.14. The second kappa shape index (κ2) is 7.28. The summed E-state index contributed by atoms with van der Waals surface area (Å²) in [5, 5.41) is 0. The fourth-order valence-corrected chi connectivity index (χ4v) is 3.91. The summed E-state index contributed by atoms with van der Waals surface area (Å²) in [6.07, 6.45) is 5.95. The molecular formula is C19H28N2O. The van der Waals surface area contributed by atoms with Crippen LogP contribution in [0.5, 0.6) is 0 Å². The zero-order valence-electron chi connectivity index (χ0n) is 13.7. The molecule has 120 valence electrons. The Morgan fingerprint density at radius 3 is 2.68 bits per heavy atom. The number of likely N-dealkylation sites (tertiary alicyclic amines) is 2. The molecule has 0 N–H and O–H groups in total. The minimum Gasteiger partial charge on any atom is -0.341 e. The average molecular weight is 300 g/mol. The van der Waals surface area contributed by atoms with E-state index >= 15 is 0 Å². The highest BCUT2D eigenvalue weighted by Gasteiger charge is 2.29. The number of piperidine rings is 1. The van der Waals surface area contributed by atoms with Crippen LogP contribution in [-0.2, 0) is 11.2 Å². The van der Waals surface area contributed by atoms with Gasteiger partial charge in [0, 0.05) is 19.1 Å².